The van der Waals surface area contributed by atoms with Gasteiger partial charge in [-0.05, 0) is 30.9 Å². The van der Waals surface area contributed by atoms with Crippen LogP contribution in [-0.4, -0.2) is 71.3 Å². The Morgan fingerprint density at radius 3 is 2.43 bits per heavy atom. The van der Waals surface area contributed by atoms with E-state index in [0.29, 0.717) is 24.7 Å². The molecule has 0 amide bonds. The number of piperidine rings is 2. The van der Waals surface area contributed by atoms with Gasteiger partial charge in [-0.2, -0.15) is 0 Å². The van der Waals surface area contributed by atoms with E-state index in [9.17, 15) is 19.7 Å². The Morgan fingerprint density at radius 1 is 1.04 bits per heavy atom. The second kappa shape index (κ2) is 7.13. The Bertz CT molecular complexity index is 518. The second-order valence-electron chi connectivity index (χ2n) is 6.75. The van der Waals surface area contributed by atoms with Gasteiger partial charge in [-0.1, -0.05) is 12.1 Å². The number of benzene rings is 1. The van der Waals surface area contributed by atoms with Gasteiger partial charge >= 0.3 is 0 Å². The van der Waals surface area contributed by atoms with Gasteiger partial charge < -0.3 is 20.2 Å². The molecule has 128 valence electrons. The van der Waals surface area contributed by atoms with Crippen molar-refractivity contribution in [3.63, 3.8) is 0 Å². The molecular formula is C17H25FN2O3. The zero-order valence-corrected chi connectivity index (χ0v) is 13.2. The summed E-state index contributed by atoms with van der Waals surface area (Å²) in [6, 6.07) is 6.84. The van der Waals surface area contributed by atoms with Crippen molar-refractivity contribution >= 4 is 5.69 Å². The summed E-state index contributed by atoms with van der Waals surface area (Å²) in [5.74, 6) is 0.165. The molecule has 1 aromatic rings. The van der Waals surface area contributed by atoms with E-state index in [0.717, 1.165) is 32.5 Å². The molecule has 0 saturated carbocycles. The average molecular weight is 324 g/mol. The zero-order valence-electron chi connectivity index (χ0n) is 13.2. The molecule has 5 nitrogen and oxygen atoms in total. The lowest BCUT2D eigenvalue weighted by atomic mass is 9.94. The van der Waals surface area contributed by atoms with Gasteiger partial charge in [0.1, 0.15) is 11.9 Å². The van der Waals surface area contributed by atoms with E-state index >= 15 is 0 Å². The molecule has 23 heavy (non-hydrogen) atoms. The molecule has 0 bridgehead atoms. The van der Waals surface area contributed by atoms with Gasteiger partial charge in [0.15, 0.2) is 0 Å². The molecule has 0 unspecified atom stereocenters. The molecule has 2 aliphatic rings. The fourth-order valence-corrected chi connectivity index (χ4v) is 3.73. The topological polar surface area (TPSA) is 67.2 Å². The van der Waals surface area contributed by atoms with E-state index in [2.05, 4.69) is 4.90 Å². The first-order chi connectivity index (χ1) is 11.0. The first-order valence-electron chi connectivity index (χ1n) is 8.30. The molecule has 2 saturated heterocycles. The number of nitrogens with zero attached hydrogens (tertiary/aromatic N) is 2. The Hall–Kier alpha value is -1.21. The molecule has 3 N–H and O–H groups in total. The Morgan fingerprint density at radius 2 is 1.74 bits per heavy atom. The molecule has 0 spiro atoms. The number of likely N-dealkylation sites (tertiary alicyclic amines) is 1. The van der Waals surface area contributed by atoms with Crippen molar-refractivity contribution in [3.8, 4) is 0 Å². The number of hydrogen-bond acceptors (Lipinski definition) is 5. The minimum atomic E-state index is -1.06. The highest BCUT2D eigenvalue weighted by atomic mass is 19.1. The first-order valence-corrected chi connectivity index (χ1v) is 8.30. The third kappa shape index (κ3) is 3.83. The molecule has 0 aromatic heterocycles. The number of rotatable bonds is 3. The summed E-state index contributed by atoms with van der Waals surface area (Å²) in [7, 11) is 0. The highest BCUT2D eigenvalue weighted by Crippen LogP contribution is 2.26. The third-order valence-electron chi connectivity index (χ3n) is 4.91. The van der Waals surface area contributed by atoms with E-state index in [1.165, 1.54) is 6.07 Å². The van der Waals surface area contributed by atoms with Crippen LogP contribution in [0.3, 0.4) is 0 Å². The molecule has 1 aromatic carbocycles. The predicted octanol–water partition coefficient (Wildman–Crippen LogP) is 0.440. The molecule has 2 heterocycles. The van der Waals surface area contributed by atoms with Crippen LogP contribution in [-0.2, 0) is 0 Å². The number of hydrogen-bond donors (Lipinski definition) is 3. The molecule has 3 rings (SSSR count). The van der Waals surface area contributed by atoms with Crippen LogP contribution in [0, 0.1) is 11.7 Å². The number of β-amino-alcohol motifs (C(OH)–C–C–N with tert-alkyl or cyclic N) is 2. The van der Waals surface area contributed by atoms with Crippen LogP contribution in [0.4, 0.5) is 10.1 Å². The van der Waals surface area contributed by atoms with Crippen LogP contribution in [0.2, 0.25) is 0 Å². The summed E-state index contributed by atoms with van der Waals surface area (Å²) in [5.41, 5.74) is 0.645. The largest absolute Gasteiger partial charge is 0.389 e. The molecule has 4 atom stereocenters. The third-order valence-corrected chi connectivity index (χ3v) is 4.91. The molecule has 2 aliphatic heterocycles. The lowest BCUT2D eigenvalue weighted by Crippen LogP contribution is -2.56. The minimum Gasteiger partial charge on any atom is -0.389 e. The molecule has 0 aliphatic carbocycles. The van der Waals surface area contributed by atoms with Crippen molar-refractivity contribution in [1.82, 2.24) is 4.90 Å². The van der Waals surface area contributed by atoms with Crippen LogP contribution in [0.15, 0.2) is 24.3 Å². The summed E-state index contributed by atoms with van der Waals surface area (Å²) < 4.78 is 14.0. The van der Waals surface area contributed by atoms with Crippen LogP contribution >= 0.6 is 0 Å². The zero-order chi connectivity index (χ0) is 16.4. The normalized spacial score (nSPS) is 33.0. The SMILES string of the molecule is O[C@H]1[C@H](O)CN(C[C@H]2CCCN(c3ccccc3F)C2)C[C@@H]1O. The van der Waals surface area contributed by atoms with E-state index in [1.54, 1.807) is 6.07 Å². The van der Waals surface area contributed by atoms with Gasteiger partial charge in [0.05, 0.1) is 17.9 Å². The number of halogens is 1. The molecule has 6 heteroatoms. The molecular weight excluding hydrogens is 299 g/mol. The number of anilines is 1. The Balaban J connectivity index is 1.60. The van der Waals surface area contributed by atoms with Crippen LogP contribution in [0.25, 0.3) is 0 Å². The van der Waals surface area contributed by atoms with Gasteiger partial charge in [0.25, 0.3) is 0 Å². The lowest BCUT2D eigenvalue weighted by molar-refractivity contribution is -0.112. The van der Waals surface area contributed by atoms with Crippen LogP contribution in [0.5, 0.6) is 0 Å². The molecule has 2 fully saturated rings. The maximum absolute atomic E-state index is 14.0. The second-order valence-corrected chi connectivity index (χ2v) is 6.75. The van der Waals surface area contributed by atoms with Gasteiger partial charge in [-0.15, -0.1) is 0 Å². The molecule has 0 radical (unpaired) electrons. The summed E-state index contributed by atoms with van der Waals surface area (Å²) >= 11 is 0. The fraction of sp³-hybridized carbons (Fsp3) is 0.647. The Labute approximate surface area is 136 Å². The lowest BCUT2D eigenvalue weighted by Gasteiger charge is -2.41. The summed E-state index contributed by atoms with van der Waals surface area (Å²) in [5, 5.41) is 29.2. The van der Waals surface area contributed by atoms with E-state index < -0.39 is 18.3 Å². The summed E-state index contributed by atoms with van der Waals surface area (Å²) in [6.45, 7) is 3.10. The van der Waals surface area contributed by atoms with Gasteiger partial charge in [-0.3, -0.25) is 4.90 Å². The standard InChI is InChI=1S/C17H25FN2O3/c18-13-5-1-2-6-14(13)20-7-3-4-12(9-20)8-19-10-15(21)17(23)16(22)11-19/h1-2,5-6,12,15-17,21-23H,3-4,7-11H2/t12-,15-,16+,17+/m1/s1. The highest BCUT2D eigenvalue weighted by molar-refractivity contribution is 5.47. The van der Waals surface area contributed by atoms with Crippen molar-refractivity contribution < 1.29 is 19.7 Å². The quantitative estimate of drug-likeness (QED) is 0.753. The highest BCUT2D eigenvalue weighted by Gasteiger charge is 2.34. The predicted molar refractivity (Wildman–Crippen MR) is 85.8 cm³/mol. The van der Waals surface area contributed by atoms with Crippen molar-refractivity contribution in [2.24, 2.45) is 5.92 Å². The van der Waals surface area contributed by atoms with Crippen LogP contribution < -0.4 is 4.90 Å². The number of aliphatic hydroxyl groups is 3. The average Bonchev–Trinajstić information content (AvgIpc) is 2.53. The fourth-order valence-electron chi connectivity index (χ4n) is 3.73. The first kappa shape index (κ1) is 16.6. The van der Waals surface area contributed by atoms with Gasteiger partial charge in [-0.25, -0.2) is 4.39 Å². The van der Waals surface area contributed by atoms with Crippen molar-refractivity contribution in [1.29, 1.82) is 0 Å². The van der Waals surface area contributed by atoms with Crippen LogP contribution in [0.1, 0.15) is 12.8 Å². The number of aliphatic hydroxyl groups excluding tert-OH is 3. The van der Waals surface area contributed by atoms with E-state index in [1.807, 2.05) is 17.0 Å². The summed E-state index contributed by atoms with van der Waals surface area (Å²) in [4.78, 5) is 4.08. The monoisotopic (exact) mass is 324 g/mol. The van der Waals surface area contributed by atoms with Crippen molar-refractivity contribution in [2.45, 2.75) is 31.2 Å². The van der Waals surface area contributed by atoms with E-state index in [4.69, 9.17) is 0 Å². The van der Waals surface area contributed by atoms with Gasteiger partial charge in [0, 0.05) is 32.7 Å². The minimum absolute atomic E-state index is 0.194. The van der Waals surface area contributed by atoms with Gasteiger partial charge in [0.2, 0.25) is 0 Å². The maximum Gasteiger partial charge on any atom is 0.146 e. The maximum atomic E-state index is 14.0. The van der Waals surface area contributed by atoms with E-state index in [-0.39, 0.29) is 5.82 Å². The number of para-hydroxylation sites is 1. The summed E-state index contributed by atoms with van der Waals surface area (Å²) in [6.07, 6.45) is -0.834. The smallest absolute Gasteiger partial charge is 0.146 e. The van der Waals surface area contributed by atoms with Crippen molar-refractivity contribution in [3.05, 3.63) is 30.1 Å². The Kier molecular flexibility index (Phi) is 5.16. The van der Waals surface area contributed by atoms with Crippen molar-refractivity contribution in [2.75, 3.05) is 37.6 Å².